The fourth-order valence-corrected chi connectivity index (χ4v) is 3.35. The maximum atomic E-state index is 12.3. The number of carbonyl (C=O) groups excluding carboxylic acids is 2. The molecule has 3 aromatic rings. The van der Waals surface area contributed by atoms with Gasteiger partial charge in [0.25, 0.3) is 5.91 Å². The van der Waals surface area contributed by atoms with E-state index in [1.54, 1.807) is 48.5 Å². The summed E-state index contributed by atoms with van der Waals surface area (Å²) in [5.41, 5.74) is 8.24. The van der Waals surface area contributed by atoms with Gasteiger partial charge in [-0.3, -0.25) is 20.4 Å². The molecule has 6 nitrogen and oxygen atoms in total. The van der Waals surface area contributed by atoms with Gasteiger partial charge < -0.3 is 9.47 Å². The summed E-state index contributed by atoms with van der Waals surface area (Å²) in [6.45, 7) is 1.04. The summed E-state index contributed by atoms with van der Waals surface area (Å²) in [6, 6.07) is 19.8. The largest absolute Gasteiger partial charge is 0.493 e. The number of halogens is 1. The number of ether oxygens (including phenoxy) is 2. The Bertz CT molecular complexity index is 1080. The Morgan fingerprint density at radius 2 is 1.68 bits per heavy atom. The zero-order valence-corrected chi connectivity index (χ0v) is 17.4. The molecule has 1 aliphatic heterocycles. The average Bonchev–Trinajstić information content (AvgIpc) is 3.25. The monoisotopic (exact) mass is 436 g/mol. The maximum Gasteiger partial charge on any atom is 0.269 e. The van der Waals surface area contributed by atoms with E-state index < -0.39 is 0 Å². The highest BCUT2D eigenvalue weighted by Gasteiger charge is 2.14. The number of hydrogen-bond acceptors (Lipinski definition) is 4. The molecular formula is C24H21ClN2O4. The first-order chi connectivity index (χ1) is 15.1. The highest BCUT2D eigenvalue weighted by molar-refractivity contribution is 6.30. The van der Waals surface area contributed by atoms with Gasteiger partial charge in [-0.15, -0.1) is 0 Å². The van der Waals surface area contributed by atoms with Crippen LogP contribution in [0.5, 0.6) is 11.5 Å². The van der Waals surface area contributed by atoms with Gasteiger partial charge in [0.2, 0.25) is 5.91 Å². The standard InChI is InChI=1S/C24H21ClN2O4/c25-20-6-8-21(9-7-20)31-15-16-1-4-18(5-2-16)24(29)27-26-23(28)14-17-3-10-22-19(13-17)11-12-30-22/h1-10,13H,11-12,14-15H2,(H,26,28)(H,27,29). The SMILES string of the molecule is O=C(Cc1ccc2c(c1)CCO2)NNC(=O)c1ccc(COc2ccc(Cl)cc2)cc1. The van der Waals surface area contributed by atoms with Crippen molar-refractivity contribution in [2.45, 2.75) is 19.4 Å². The highest BCUT2D eigenvalue weighted by Crippen LogP contribution is 2.26. The minimum Gasteiger partial charge on any atom is -0.493 e. The fourth-order valence-electron chi connectivity index (χ4n) is 3.23. The van der Waals surface area contributed by atoms with Gasteiger partial charge in [-0.25, -0.2) is 0 Å². The molecule has 0 atom stereocenters. The predicted octanol–water partition coefficient (Wildman–Crippen LogP) is 3.86. The second-order valence-electron chi connectivity index (χ2n) is 7.16. The van der Waals surface area contributed by atoms with Crippen LogP contribution in [-0.4, -0.2) is 18.4 Å². The molecular weight excluding hydrogens is 416 g/mol. The second kappa shape index (κ2) is 9.53. The van der Waals surface area contributed by atoms with Crippen molar-refractivity contribution in [2.75, 3.05) is 6.61 Å². The summed E-state index contributed by atoms with van der Waals surface area (Å²) < 4.78 is 11.2. The van der Waals surface area contributed by atoms with Crippen molar-refractivity contribution in [3.05, 3.63) is 94.0 Å². The molecule has 2 N–H and O–H groups in total. The Balaban J connectivity index is 1.24. The third-order valence-corrected chi connectivity index (χ3v) is 5.12. The lowest BCUT2D eigenvalue weighted by Crippen LogP contribution is -2.42. The van der Waals surface area contributed by atoms with Gasteiger partial charge in [-0.1, -0.05) is 35.9 Å². The van der Waals surface area contributed by atoms with Crippen molar-refractivity contribution >= 4 is 23.4 Å². The van der Waals surface area contributed by atoms with Crippen molar-refractivity contribution in [1.82, 2.24) is 10.9 Å². The Kier molecular flexibility index (Phi) is 6.38. The molecule has 0 unspecified atom stereocenters. The zero-order chi connectivity index (χ0) is 21.6. The number of rotatable bonds is 6. The maximum absolute atomic E-state index is 12.3. The number of benzene rings is 3. The molecule has 1 aliphatic rings. The van der Waals surface area contributed by atoms with Gasteiger partial charge in [-0.2, -0.15) is 0 Å². The van der Waals surface area contributed by atoms with Crippen LogP contribution in [0, 0.1) is 0 Å². The number of hydrogen-bond donors (Lipinski definition) is 2. The van der Waals surface area contributed by atoms with E-state index in [4.69, 9.17) is 21.1 Å². The fraction of sp³-hybridized carbons (Fsp3) is 0.167. The summed E-state index contributed by atoms with van der Waals surface area (Å²) in [6.07, 6.45) is 1.02. The molecule has 0 spiro atoms. The summed E-state index contributed by atoms with van der Waals surface area (Å²) in [7, 11) is 0. The van der Waals surface area contributed by atoms with Gasteiger partial charge in [0.05, 0.1) is 13.0 Å². The van der Waals surface area contributed by atoms with Crippen LogP contribution in [0.3, 0.4) is 0 Å². The van der Waals surface area contributed by atoms with Gasteiger partial charge in [-0.05, 0) is 59.2 Å². The molecule has 31 heavy (non-hydrogen) atoms. The molecule has 0 saturated heterocycles. The Morgan fingerprint density at radius 3 is 2.45 bits per heavy atom. The van der Waals surface area contributed by atoms with E-state index in [9.17, 15) is 9.59 Å². The molecule has 7 heteroatoms. The van der Waals surface area contributed by atoms with E-state index in [-0.39, 0.29) is 18.2 Å². The third kappa shape index (κ3) is 5.55. The van der Waals surface area contributed by atoms with Crippen molar-refractivity contribution in [1.29, 1.82) is 0 Å². The zero-order valence-electron chi connectivity index (χ0n) is 16.7. The molecule has 3 aromatic carbocycles. The van der Waals surface area contributed by atoms with Crippen LogP contribution in [-0.2, 0) is 24.2 Å². The number of carbonyl (C=O) groups is 2. The van der Waals surface area contributed by atoms with Crippen molar-refractivity contribution in [3.63, 3.8) is 0 Å². The molecule has 2 amide bonds. The average molecular weight is 437 g/mol. The Hall–Kier alpha value is -3.51. The minimum absolute atomic E-state index is 0.175. The topological polar surface area (TPSA) is 76.7 Å². The smallest absolute Gasteiger partial charge is 0.269 e. The van der Waals surface area contributed by atoms with Crippen LogP contribution in [0.15, 0.2) is 66.7 Å². The molecule has 0 aliphatic carbocycles. The Labute approximate surface area is 185 Å². The number of nitrogens with one attached hydrogen (secondary N) is 2. The number of fused-ring (bicyclic) bond motifs is 1. The van der Waals surface area contributed by atoms with Crippen LogP contribution in [0.1, 0.15) is 27.0 Å². The van der Waals surface area contributed by atoms with E-state index in [2.05, 4.69) is 10.9 Å². The highest BCUT2D eigenvalue weighted by atomic mass is 35.5. The van der Waals surface area contributed by atoms with E-state index in [0.717, 1.165) is 28.9 Å². The lowest BCUT2D eigenvalue weighted by Gasteiger charge is -2.09. The molecule has 0 aromatic heterocycles. The van der Waals surface area contributed by atoms with E-state index in [0.29, 0.717) is 29.5 Å². The van der Waals surface area contributed by atoms with E-state index in [1.165, 1.54) is 0 Å². The summed E-state index contributed by atoms with van der Waals surface area (Å²) in [5.74, 6) is 0.908. The number of hydrazine groups is 1. The van der Waals surface area contributed by atoms with Crippen molar-refractivity contribution < 1.29 is 19.1 Å². The molecule has 4 rings (SSSR count). The van der Waals surface area contributed by atoms with E-state index in [1.807, 2.05) is 18.2 Å². The summed E-state index contributed by atoms with van der Waals surface area (Å²) in [4.78, 5) is 24.5. The summed E-state index contributed by atoms with van der Waals surface area (Å²) >= 11 is 5.86. The predicted molar refractivity (Wildman–Crippen MR) is 117 cm³/mol. The second-order valence-corrected chi connectivity index (χ2v) is 7.60. The third-order valence-electron chi connectivity index (χ3n) is 4.87. The number of amides is 2. The van der Waals surface area contributed by atoms with Gasteiger partial charge in [0.15, 0.2) is 0 Å². The van der Waals surface area contributed by atoms with Gasteiger partial charge >= 0.3 is 0 Å². The normalized spacial score (nSPS) is 11.9. The van der Waals surface area contributed by atoms with Gasteiger partial charge in [0, 0.05) is 17.0 Å². The molecule has 0 fully saturated rings. The first-order valence-electron chi connectivity index (χ1n) is 9.88. The molecule has 0 bridgehead atoms. The Morgan fingerprint density at radius 1 is 0.935 bits per heavy atom. The van der Waals surface area contributed by atoms with Crippen molar-refractivity contribution in [3.8, 4) is 11.5 Å². The molecule has 1 heterocycles. The van der Waals surface area contributed by atoms with Crippen LogP contribution >= 0.6 is 11.6 Å². The first kappa shape index (κ1) is 20.8. The van der Waals surface area contributed by atoms with Crippen LogP contribution in [0.4, 0.5) is 0 Å². The van der Waals surface area contributed by atoms with Crippen LogP contribution < -0.4 is 20.3 Å². The quantitative estimate of drug-likeness (QED) is 0.575. The molecule has 158 valence electrons. The van der Waals surface area contributed by atoms with Crippen molar-refractivity contribution in [2.24, 2.45) is 0 Å². The molecule has 0 radical (unpaired) electrons. The molecule has 0 saturated carbocycles. The summed E-state index contributed by atoms with van der Waals surface area (Å²) in [5, 5.41) is 0.650. The minimum atomic E-state index is -0.388. The lowest BCUT2D eigenvalue weighted by molar-refractivity contribution is -0.121. The van der Waals surface area contributed by atoms with Crippen LogP contribution in [0.2, 0.25) is 5.02 Å². The van der Waals surface area contributed by atoms with Crippen LogP contribution in [0.25, 0.3) is 0 Å². The first-order valence-corrected chi connectivity index (χ1v) is 10.3. The lowest BCUT2D eigenvalue weighted by atomic mass is 10.1. The van der Waals surface area contributed by atoms with Gasteiger partial charge in [0.1, 0.15) is 18.1 Å². The van der Waals surface area contributed by atoms with E-state index >= 15 is 0 Å².